The molecule has 168 valence electrons. The van der Waals surface area contributed by atoms with E-state index >= 15 is 0 Å². The third kappa shape index (κ3) is 4.81. The summed E-state index contributed by atoms with van der Waals surface area (Å²) in [6.07, 6.45) is 2.49. The van der Waals surface area contributed by atoms with Crippen LogP contribution < -0.4 is 15.4 Å². The Morgan fingerprint density at radius 3 is 2.71 bits per heavy atom. The molecule has 1 saturated carbocycles. The van der Waals surface area contributed by atoms with Crippen molar-refractivity contribution < 1.29 is 23.5 Å². The lowest BCUT2D eigenvalue weighted by molar-refractivity contribution is -0.144. The number of methoxy groups -OCH3 is 1. The molecule has 0 unspecified atom stereocenters. The Bertz CT molecular complexity index is 875. The van der Waals surface area contributed by atoms with Gasteiger partial charge in [-0.1, -0.05) is 6.07 Å². The number of amides is 3. The predicted octanol–water partition coefficient (Wildman–Crippen LogP) is 0.650. The van der Waals surface area contributed by atoms with Crippen molar-refractivity contribution in [2.24, 2.45) is 5.92 Å². The molecule has 1 aliphatic carbocycles. The monoisotopic (exact) mass is 432 g/mol. The van der Waals surface area contributed by atoms with Gasteiger partial charge in [-0.2, -0.15) is 0 Å². The largest absolute Gasteiger partial charge is 0.494 e. The van der Waals surface area contributed by atoms with Gasteiger partial charge in [0.1, 0.15) is 6.04 Å². The number of ether oxygens (including phenoxy) is 1. The fourth-order valence-corrected chi connectivity index (χ4v) is 4.61. The predicted molar refractivity (Wildman–Crippen MR) is 111 cm³/mol. The first-order valence-electron chi connectivity index (χ1n) is 10.8. The second kappa shape index (κ2) is 8.82. The van der Waals surface area contributed by atoms with E-state index in [0.29, 0.717) is 26.1 Å². The van der Waals surface area contributed by atoms with Gasteiger partial charge in [0.05, 0.1) is 7.11 Å². The van der Waals surface area contributed by atoms with Gasteiger partial charge in [-0.3, -0.25) is 19.3 Å². The average molecular weight is 432 g/mol. The van der Waals surface area contributed by atoms with Crippen LogP contribution in [0, 0.1) is 11.7 Å². The van der Waals surface area contributed by atoms with Gasteiger partial charge in [-0.25, -0.2) is 4.39 Å². The van der Waals surface area contributed by atoms with Crippen molar-refractivity contribution in [2.45, 2.75) is 50.9 Å². The van der Waals surface area contributed by atoms with Crippen molar-refractivity contribution in [1.82, 2.24) is 20.4 Å². The molecule has 3 fully saturated rings. The van der Waals surface area contributed by atoms with Gasteiger partial charge in [0.15, 0.2) is 11.6 Å². The molecule has 2 N–H and O–H groups in total. The Hall–Kier alpha value is -2.68. The minimum absolute atomic E-state index is 0.00382. The molecule has 4 rings (SSSR count). The van der Waals surface area contributed by atoms with Gasteiger partial charge in [-0.05, 0) is 37.0 Å². The minimum Gasteiger partial charge on any atom is -0.494 e. The molecular weight excluding hydrogens is 403 g/mol. The maximum atomic E-state index is 13.8. The summed E-state index contributed by atoms with van der Waals surface area (Å²) in [5.74, 6) is -0.370. The smallest absolute Gasteiger partial charge is 0.242 e. The summed E-state index contributed by atoms with van der Waals surface area (Å²) < 4.78 is 18.9. The number of hydrogen-bond donors (Lipinski definition) is 2. The SMILES string of the molecule is COc1cc(CN2C[C@@H]3C[C@H](NC(C)=O)CN3C(=O)[C@@H]2CNC(=O)C2CC2)ccc1F. The van der Waals surface area contributed by atoms with Crippen LogP contribution in [0.2, 0.25) is 0 Å². The van der Waals surface area contributed by atoms with Crippen molar-refractivity contribution >= 4 is 17.7 Å². The first-order valence-corrected chi connectivity index (χ1v) is 10.8. The lowest BCUT2D eigenvalue weighted by Crippen LogP contribution is -2.62. The second-order valence-electron chi connectivity index (χ2n) is 8.71. The highest BCUT2D eigenvalue weighted by Gasteiger charge is 2.45. The first kappa shape index (κ1) is 21.5. The van der Waals surface area contributed by atoms with E-state index in [0.717, 1.165) is 18.4 Å². The molecule has 2 heterocycles. The topological polar surface area (TPSA) is 91.0 Å². The Kier molecular flexibility index (Phi) is 6.13. The zero-order chi connectivity index (χ0) is 22.1. The number of piperazine rings is 1. The third-order valence-corrected chi connectivity index (χ3v) is 6.29. The Morgan fingerprint density at radius 2 is 2.03 bits per heavy atom. The molecule has 1 aromatic rings. The Balaban J connectivity index is 1.51. The Labute approximate surface area is 181 Å². The van der Waals surface area contributed by atoms with Crippen molar-refractivity contribution in [3.05, 3.63) is 29.6 Å². The molecule has 1 aromatic carbocycles. The van der Waals surface area contributed by atoms with E-state index in [4.69, 9.17) is 4.74 Å². The van der Waals surface area contributed by atoms with E-state index in [-0.39, 0.29) is 48.0 Å². The molecule has 0 spiro atoms. The van der Waals surface area contributed by atoms with Crippen LogP contribution in [0.1, 0.15) is 31.7 Å². The minimum atomic E-state index is -0.508. The van der Waals surface area contributed by atoms with Crippen LogP contribution in [-0.2, 0) is 20.9 Å². The van der Waals surface area contributed by atoms with E-state index in [2.05, 4.69) is 10.6 Å². The molecule has 8 nitrogen and oxygen atoms in total. The van der Waals surface area contributed by atoms with Crippen LogP contribution in [0.5, 0.6) is 5.75 Å². The van der Waals surface area contributed by atoms with Crippen LogP contribution >= 0.6 is 0 Å². The Morgan fingerprint density at radius 1 is 1.26 bits per heavy atom. The fraction of sp³-hybridized carbons (Fsp3) is 0.591. The van der Waals surface area contributed by atoms with Gasteiger partial charge in [-0.15, -0.1) is 0 Å². The maximum Gasteiger partial charge on any atom is 0.242 e. The number of rotatable bonds is 7. The summed E-state index contributed by atoms with van der Waals surface area (Å²) in [6.45, 7) is 3.24. The molecular formula is C22H29FN4O4. The van der Waals surface area contributed by atoms with Crippen LogP contribution in [0.4, 0.5) is 4.39 Å². The van der Waals surface area contributed by atoms with Gasteiger partial charge < -0.3 is 20.3 Å². The van der Waals surface area contributed by atoms with E-state index in [1.165, 1.54) is 20.1 Å². The summed E-state index contributed by atoms with van der Waals surface area (Å²) in [6, 6.07) is 4.09. The van der Waals surface area contributed by atoms with Gasteiger partial charge >= 0.3 is 0 Å². The lowest BCUT2D eigenvalue weighted by Gasteiger charge is -2.42. The molecule has 2 aliphatic heterocycles. The molecule has 2 saturated heterocycles. The van der Waals surface area contributed by atoms with Crippen molar-refractivity contribution in [1.29, 1.82) is 0 Å². The number of halogens is 1. The number of nitrogens with zero attached hydrogens (tertiary/aromatic N) is 2. The normalized spacial score (nSPS) is 25.8. The van der Waals surface area contributed by atoms with Gasteiger partial charge in [0, 0.05) is 51.1 Å². The summed E-state index contributed by atoms with van der Waals surface area (Å²) in [4.78, 5) is 40.9. The van der Waals surface area contributed by atoms with Crippen molar-refractivity contribution in [2.75, 3.05) is 26.7 Å². The molecule has 0 aromatic heterocycles. The number of carbonyl (C=O) groups excluding carboxylic acids is 3. The van der Waals surface area contributed by atoms with Crippen molar-refractivity contribution in [3.63, 3.8) is 0 Å². The van der Waals surface area contributed by atoms with E-state index in [9.17, 15) is 18.8 Å². The molecule has 9 heteroatoms. The molecule has 3 aliphatic rings. The molecule has 3 amide bonds. The van der Waals surface area contributed by atoms with Crippen LogP contribution in [0.15, 0.2) is 18.2 Å². The van der Waals surface area contributed by atoms with Crippen LogP contribution in [0.25, 0.3) is 0 Å². The van der Waals surface area contributed by atoms with E-state index < -0.39 is 11.9 Å². The number of hydrogen-bond acceptors (Lipinski definition) is 5. The van der Waals surface area contributed by atoms with E-state index in [1.54, 1.807) is 12.1 Å². The number of nitrogens with one attached hydrogen (secondary N) is 2. The number of benzene rings is 1. The van der Waals surface area contributed by atoms with Crippen LogP contribution in [0.3, 0.4) is 0 Å². The molecule has 0 radical (unpaired) electrons. The van der Waals surface area contributed by atoms with E-state index in [1.807, 2.05) is 9.80 Å². The lowest BCUT2D eigenvalue weighted by atomic mass is 10.0. The summed E-state index contributed by atoms with van der Waals surface area (Å²) in [5, 5.41) is 5.85. The maximum absolute atomic E-state index is 13.8. The standard InChI is InChI=1S/C22H29FN4O4/c1-13(28)25-16-8-17-12-26(10-14-3-6-18(23)20(7-14)31-2)19(22(30)27(17)11-16)9-24-21(29)15-4-5-15/h3,6-7,15-17,19H,4-5,8-12H2,1-2H3,(H,24,29)(H,25,28)/t16-,17-,19-/m0/s1. The quantitative estimate of drug-likeness (QED) is 0.660. The highest BCUT2D eigenvalue weighted by Crippen LogP contribution is 2.30. The first-order chi connectivity index (χ1) is 14.9. The third-order valence-electron chi connectivity index (χ3n) is 6.29. The zero-order valence-electron chi connectivity index (χ0n) is 17.9. The highest BCUT2D eigenvalue weighted by atomic mass is 19.1. The summed E-state index contributed by atoms with van der Waals surface area (Å²) in [7, 11) is 1.42. The number of carbonyl (C=O) groups is 3. The summed E-state index contributed by atoms with van der Waals surface area (Å²) in [5.41, 5.74) is 0.828. The average Bonchev–Trinajstić information content (AvgIpc) is 3.50. The van der Waals surface area contributed by atoms with Crippen LogP contribution in [-0.4, -0.2) is 72.4 Å². The fourth-order valence-electron chi connectivity index (χ4n) is 4.61. The van der Waals surface area contributed by atoms with Gasteiger partial charge in [0.2, 0.25) is 17.7 Å². The molecule has 3 atom stereocenters. The molecule has 0 bridgehead atoms. The molecule has 31 heavy (non-hydrogen) atoms. The van der Waals surface area contributed by atoms with Crippen molar-refractivity contribution in [3.8, 4) is 5.75 Å². The second-order valence-corrected chi connectivity index (χ2v) is 8.71. The zero-order valence-corrected chi connectivity index (χ0v) is 17.9. The number of fused-ring (bicyclic) bond motifs is 1. The highest BCUT2D eigenvalue weighted by molar-refractivity contribution is 5.86. The van der Waals surface area contributed by atoms with Gasteiger partial charge in [0.25, 0.3) is 0 Å². The summed E-state index contributed by atoms with van der Waals surface area (Å²) >= 11 is 0.